The highest BCUT2D eigenvalue weighted by Gasteiger charge is 2.34. The Morgan fingerprint density at radius 3 is 2.47 bits per heavy atom. The monoisotopic (exact) mass is 257 g/mol. The molecule has 0 aromatic carbocycles. The van der Waals surface area contributed by atoms with Crippen LogP contribution in [-0.4, -0.2) is 22.4 Å². The van der Waals surface area contributed by atoms with Crippen LogP contribution in [0.25, 0.3) is 0 Å². The smallest absolute Gasteiger partial charge is 0.478 e. The van der Waals surface area contributed by atoms with Crippen LogP contribution in [0.1, 0.15) is 15.9 Å². The predicted molar refractivity (Wildman–Crippen MR) is 42.6 cm³/mol. The molecule has 1 rings (SSSR count). The third kappa shape index (κ3) is 3.02. The van der Waals surface area contributed by atoms with Gasteiger partial charge in [0.05, 0.1) is 6.20 Å². The van der Waals surface area contributed by atoms with E-state index < -0.39 is 41.8 Å². The minimum absolute atomic E-state index is 0.268. The van der Waals surface area contributed by atoms with Crippen molar-refractivity contribution < 1.29 is 36.6 Å². The molecule has 1 heterocycles. The molecule has 0 saturated carbocycles. The summed E-state index contributed by atoms with van der Waals surface area (Å²) in [4.78, 5) is 13.3. The van der Waals surface area contributed by atoms with Crippen LogP contribution in [0.5, 0.6) is 5.75 Å². The van der Waals surface area contributed by atoms with Gasteiger partial charge in [0.2, 0.25) is 5.95 Å². The third-order valence-corrected chi connectivity index (χ3v) is 1.67. The Morgan fingerprint density at radius 2 is 2.06 bits per heavy atom. The van der Waals surface area contributed by atoms with Crippen LogP contribution >= 0.6 is 0 Å². The molecule has 0 saturated heterocycles. The lowest BCUT2D eigenvalue weighted by Gasteiger charge is -2.12. The normalized spacial score (nSPS) is 11.4. The Bertz CT molecular complexity index is 446. The van der Waals surface area contributed by atoms with E-state index in [2.05, 4.69) is 9.72 Å². The van der Waals surface area contributed by atoms with Crippen LogP contribution in [0, 0.1) is 5.95 Å². The number of ether oxygens (including phenoxy) is 1. The van der Waals surface area contributed by atoms with Gasteiger partial charge in [0.25, 0.3) is 0 Å². The van der Waals surface area contributed by atoms with Crippen LogP contribution in [0.2, 0.25) is 0 Å². The second-order valence-corrected chi connectivity index (χ2v) is 2.75. The summed E-state index contributed by atoms with van der Waals surface area (Å²) in [7, 11) is 0. The van der Waals surface area contributed by atoms with Gasteiger partial charge in [-0.2, -0.15) is 4.39 Å². The van der Waals surface area contributed by atoms with Crippen molar-refractivity contribution in [3.63, 3.8) is 0 Å². The van der Waals surface area contributed by atoms with Gasteiger partial charge in [0.15, 0.2) is 5.75 Å². The molecule has 0 spiro atoms. The molecule has 0 amide bonds. The molecule has 17 heavy (non-hydrogen) atoms. The maximum atomic E-state index is 12.9. The molecular weight excluding hydrogens is 253 g/mol. The minimum Gasteiger partial charge on any atom is -0.478 e. The average molecular weight is 257 g/mol. The largest absolute Gasteiger partial charge is 0.573 e. The molecule has 0 bridgehead atoms. The number of hydrogen-bond donors (Lipinski definition) is 1. The van der Waals surface area contributed by atoms with Gasteiger partial charge in [0, 0.05) is 5.56 Å². The molecular formula is C8H4F5NO3. The minimum atomic E-state index is -5.15. The third-order valence-electron chi connectivity index (χ3n) is 1.67. The molecule has 1 aromatic rings. The van der Waals surface area contributed by atoms with Gasteiger partial charge in [-0.1, -0.05) is 0 Å². The Hall–Kier alpha value is -1.93. The summed E-state index contributed by atoms with van der Waals surface area (Å²) in [5.74, 6) is -4.70. The van der Waals surface area contributed by atoms with Gasteiger partial charge < -0.3 is 9.84 Å². The van der Waals surface area contributed by atoms with Gasteiger partial charge in [-0.15, -0.1) is 13.2 Å². The first-order valence-electron chi connectivity index (χ1n) is 3.98. The number of carboxylic acid groups (broad SMARTS) is 1. The maximum absolute atomic E-state index is 12.9. The van der Waals surface area contributed by atoms with E-state index in [9.17, 15) is 26.7 Å². The molecule has 0 aliphatic carbocycles. The molecule has 1 aromatic heterocycles. The zero-order valence-electron chi connectivity index (χ0n) is 7.89. The number of alkyl halides is 4. The summed E-state index contributed by atoms with van der Waals surface area (Å²) < 4.78 is 64.3. The van der Waals surface area contributed by atoms with E-state index in [1.54, 1.807) is 0 Å². The summed E-state index contributed by atoms with van der Waals surface area (Å²) >= 11 is 0. The highest BCUT2D eigenvalue weighted by molar-refractivity contribution is 5.90. The molecule has 0 aliphatic heterocycles. The fraction of sp³-hybridized carbons (Fsp3) is 0.250. The van der Waals surface area contributed by atoms with E-state index in [-0.39, 0.29) is 6.20 Å². The molecule has 9 heteroatoms. The fourth-order valence-corrected chi connectivity index (χ4v) is 1.07. The van der Waals surface area contributed by atoms with Gasteiger partial charge in [-0.25, -0.2) is 14.2 Å². The summed E-state index contributed by atoms with van der Waals surface area (Å²) in [6.07, 6.45) is -4.89. The molecule has 0 fully saturated rings. The number of rotatable bonds is 3. The Labute approximate surface area is 90.6 Å². The number of aromatic nitrogens is 1. The number of hydrogen-bond acceptors (Lipinski definition) is 3. The summed E-state index contributed by atoms with van der Waals surface area (Å²) in [5.41, 5.74) is -2.34. The van der Waals surface area contributed by atoms with E-state index in [4.69, 9.17) is 5.11 Å². The van der Waals surface area contributed by atoms with Crippen molar-refractivity contribution in [1.82, 2.24) is 4.98 Å². The van der Waals surface area contributed by atoms with E-state index in [1.165, 1.54) is 0 Å². The number of halogens is 5. The number of nitrogens with zero attached hydrogens (tertiary/aromatic N) is 1. The second kappa shape index (κ2) is 4.52. The highest BCUT2D eigenvalue weighted by atomic mass is 19.4. The first kappa shape index (κ1) is 13.1. The van der Waals surface area contributed by atoms with Crippen LogP contribution in [0.15, 0.2) is 6.20 Å². The SMILES string of the molecule is O=C(O)c1c(F)ncc(OC(F)(F)F)c1CF. The Kier molecular flexibility index (Phi) is 3.49. The van der Waals surface area contributed by atoms with Crippen LogP contribution < -0.4 is 4.74 Å². The zero-order chi connectivity index (χ0) is 13.2. The van der Waals surface area contributed by atoms with Crippen molar-refractivity contribution in [1.29, 1.82) is 0 Å². The van der Waals surface area contributed by atoms with E-state index in [0.717, 1.165) is 0 Å². The number of aromatic carboxylic acids is 1. The van der Waals surface area contributed by atoms with E-state index >= 15 is 0 Å². The Morgan fingerprint density at radius 1 is 1.47 bits per heavy atom. The number of carbonyl (C=O) groups is 1. The van der Waals surface area contributed by atoms with Crippen molar-refractivity contribution in [3.05, 3.63) is 23.3 Å². The lowest BCUT2D eigenvalue weighted by molar-refractivity contribution is -0.275. The summed E-state index contributed by atoms with van der Waals surface area (Å²) in [6, 6.07) is 0. The average Bonchev–Trinajstić information content (AvgIpc) is 2.17. The lowest BCUT2D eigenvalue weighted by Crippen LogP contribution is -2.20. The van der Waals surface area contributed by atoms with Crippen LogP contribution in [0.4, 0.5) is 22.0 Å². The first-order chi connectivity index (χ1) is 7.76. The number of pyridine rings is 1. The molecule has 0 unspecified atom stereocenters. The predicted octanol–water partition coefficient (Wildman–Crippen LogP) is 2.29. The van der Waals surface area contributed by atoms with Gasteiger partial charge in [-0.3, -0.25) is 0 Å². The topological polar surface area (TPSA) is 59.4 Å². The van der Waals surface area contributed by atoms with Gasteiger partial charge in [0.1, 0.15) is 12.2 Å². The maximum Gasteiger partial charge on any atom is 0.573 e. The first-order valence-corrected chi connectivity index (χ1v) is 3.98. The molecule has 0 aliphatic rings. The zero-order valence-corrected chi connectivity index (χ0v) is 7.89. The van der Waals surface area contributed by atoms with Crippen molar-refractivity contribution in [3.8, 4) is 5.75 Å². The van der Waals surface area contributed by atoms with E-state index in [0.29, 0.717) is 0 Å². The van der Waals surface area contributed by atoms with Gasteiger partial charge >= 0.3 is 12.3 Å². The quantitative estimate of drug-likeness (QED) is 0.666. The van der Waals surface area contributed by atoms with Crippen LogP contribution in [0.3, 0.4) is 0 Å². The molecule has 94 valence electrons. The molecule has 0 radical (unpaired) electrons. The van der Waals surface area contributed by atoms with Crippen molar-refractivity contribution in [2.45, 2.75) is 13.0 Å². The Balaban J connectivity index is 3.33. The molecule has 4 nitrogen and oxygen atoms in total. The lowest BCUT2D eigenvalue weighted by atomic mass is 10.1. The van der Waals surface area contributed by atoms with E-state index in [1.807, 2.05) is 0 Å². The van der Waals surface area contributed by atoms with Crippen LogP contribution in [-0.2, 0) is 6.67 Å². The second-order valence-electron chi connectivity index (χ2n) is 2.75. The van der Waals surface area contributed by atoms with Crippen molar-refractivity contribution in [2.75, 3.05) is 0 Å². The fourth-order valence-electron chi connectivity index (χ4n) is 1.07. The highest BCUT2D eigenvalue weighted by Crippen LogP contribution is 2.29. The summed E-state index contributed by atoms with van der Waals surface area (Å²) in [5, 5.41) is 8.52. The van der Waals surface area contributed by atoms with Crippen molar-refractivity contribution >= 4 is 5.97 Å². The van der Waals surface area contributed by atoms with Gasteiger partial charge in [-0.05, 0) is 0 Å². The molecule has 0 atom stereocenters. The van der Waals surface area contributed by atoms with Crippen molar-refractivity contribution in [2.24, 2.45) is 0 Å². The summed E-state index contributed by atoms with van der Waals surface area (Å²) in [6.45, 7) is -1.63. The number of carboxylic acids is 1. The standard InChI is InChI=1S/C8H4F5NO3/c9-1-3-4(17-8(11,12)13)2-14-6(10)5(3)7(15)16/h2H,1H2,(H,15,16). The molecule has 1 N–H and O–H groups in total.